The summed E-state index contributed by atoms with van der Waals surface area (Å²) in [5, 5.41) is 7.76. The number of sulfone groups is 1. The number of pyridine rings is 1. The van der Waals surface area contributed by atoms with Crippen molar-refractivity contribution in [3.8, 4) is 11.3 Å². The second-order valence-electron chi connectivity index (χ2n) is 8.64. The molecule has 0 unspecified atom stereocenters. The van der Waals surface area contributed by atoms with E-state index in [2.05, 4.69) is 10.4 Å². The summed E-state index contributed by atoms with van der Waals surface area (Å²) < 4.78 is 40.1. The number of fused-ring (bicyclic) bond motifs is 1. The largest absolute Gasteiger partial charge is 0.319 e. The van der Waals surface area contributed by atoms with Crippen molar-refractivity contribution in [1.29, 1.82) is 0 Å². The Kier molecular flexibility index (Phi) is 5.44. The molecule has 3 heterocycles. The van der Waals surface area contributed by atoms with Gasteiger partial charge < -0.3 is 5.32 Å². The van der Waals surface area contributed by atoms with Gasteiger partial charge in [0.15, 0.2) is 15.5 Å². The van der Waals surface area contributed by atoms with E-state index in [9.17, 15) is 17.6 Å². The number of nitrogens with zero attached hydrogens (tertiary/aromatic N) is 3. The molecule has 0 bridgehead atoms. The van der Waals surface area contributed by atoms with Gasteiger partial charge in [-0.2, -0.15) is 5.10 Å². The molecule has 4 aromatic rings. The van der Waals surface area contributed by atoms with Crippen LogP contribution in [-0.4, -0.2) is 40.6 Å². The molecule has 34 heavy (non-hydrogen) atoms. The van der Waals surface area contributed by atoms with Gasteiger partial charge in [-0.1, -0.05) is 42.0 Å². The van der Waals surface area contributed by atoms with Crippen molar-refractivity contribution < 1.29 is 17.6 Å². The van der Waals surface area contributed by atoms with Crippen LogP contribution in [0, 0.1) is 19.7 Å². The predicted molar refractivity (Wildman–Crippen MR) is 129 cm³/mol. The number of carbonyl (C=O) groups is 1. The van der Waals surface area contributed by atoms with Crippen LogP contribution in [0.1, 0.15) is 34.1 Å². The minimum absolute atomic E-state index is 0.0174. The second-order valence-corrected chi connectivity index (χ2v) is 10.9. The number of aryl methyl sites for hydroxylation is 2. The van der Waals surface area contributed by atoms with Gasteiger partial charge in [0.25, 0.3) is 5.91 Å². The number of amides is 1. The van der Waals surface area contributed by atoms with Crippen LogP contribution in [0.2, 0.25) is 0 Å². The Balaban J connectivity index is 1.69. The van der Waals surface area contributed by atoms with E-state index in [1.54, 1.807) is 29.8 Å². The third-order valence-corrected chi connectivity index (χ3v) is 7.86. The lowest BCUT2D eigenvalue weighted by molar-refractivity contribution is 0.102. The quantitative estimate of drug-likeness (QED) is 0.467. The van der Waals surface area contributed by atoms with Crippen LogP contribution in [0.15, 0.2) is 54.6 Å². The molecular formula is C25H23FN4O3S. The van der Waals surface area contributed by atoms with Crippen molar-refractivity contribution in [3.05, 3.63) is 77.2 Å². The van der Waals surface area contributed by atoms with E-state index >= 15 is 0 Å². The molecule has 1 N–H and O–H groups in total. The van der Waals surface area contributed by atoms with Crippen molar-refractivity contribution in [1.82, 2.24) is 14.8 Å². The monoisotopic (exact) mass is 478 g/mol. The Morgan fingerprint density at radius 1 is 1.12 bits per heavy atom. The minimum Gasteiger partial charge on any atom is -0.319 e. The van der Waals surface area contributed by atoms with Gasteiger partial charge in [0.2, 0.25) is 0 Å². The van der Waals surface area contributed by atoms with Crippen molar-refractivity contribution in [2.75, 3.05) is 16.8 Å². The first-order valence-corrected chi connectivity index (χ1v) is 12.8. The molecule has 7 nitrogen and oxygen atoms in total. The summed E-state index contributed by atoms with van der Waals surface area (Å²) >= 11 is 0. The first kappa shape index (κ1) is 22.2. The van der Waals surface area contributed by atoms with E-state index in [1.165, 1.54) is 12.1 Å². The van der Waals surface area contributed by atoms with Crippen molar-refractivity contribution >= 4 is 32.5 Å². The lowest BCUT2D eigenvalue weighted by atomic mass is 10.0. The molecule has 0 spiro atoms. The van der Waals surface area contributed by atoms with Crippen LogP contribution >= 0.6 is 0 Å². The first-order chi connectivity index (χ1) is 16.2. The number of para-hydroxylation sites is 1. The average molecular weight is 479 g/mol. The smallest absolute Gasteiger partial charge is 0.256 e. The summed E-state index contributed by atoms with van der Waals surface area (Å²) in [5.74, 6) is -0.955. The standard InChI is InChI=1S/C25H23FN4O3S/c1-15-7-9-17(10-8-15)22-13-19(25(31)28-21-6-4-3-5-20(21)26)23-16(2)29-30(24(23)27-22)18-11-12-34(32,33)14-18/h3-10,13,18H,11-12,14H2,1-2H3,(H,28,31)/t18-/m1/s1. The zero-order valence-corrected chi connectivity index (χ0v) is 19.6. The number of benzene rings is 2. The van der Waals surface area contributed by atoms with Gasteiger partial charge in [0.1, 0.15) is 5.82 Å². The molecule has 1 aliphatic heterocycles. The van der Waals surface area contributed by atoms with E-state index in [1.807, 2.05) is 31.2 Å². The summed E-state index contributed by atoms with van der Waals surface area (Å²) in [6.07, 6.45) is 0.436. The van der Waals surface area contributed by atoms with E-state index in [0.29, 0.717) is 34.4 Å². The van der Waals surface area contributed by atoms with Crippen LogP contribution in [0.3, 0.4) is 0 Å². The van der Waals surface area contributed by atoms with Crippen LogP contribution in [-0.2, 0) is 9.84 Å². The number of halogens is 1. The van der Waals surface area contributed by atoms with Crippen molar-refractivity contribution in [2.45, 2.75) is 26.3 Å². The molecule has 2 aromatic heterocycles. The van der Waals surface area contributed by atoms with Gasteiger partial charge in [0.05, 0.1) is 45.6 Å². The Bertz CT molecular complexity index is 1530. The van der Waals surface area contributed by atoms with E-state index < -0.39 is 21.6 Å². The van der Waals surface area contributed by atoms with E-state index in [-0.39, 0.29) is 23.2 Å². The maximum atomic E-state index is 14.2. The molecule has 5 rings (SSSR count). The summed E-state index contributed by atoms with van der Waals surface area (Å²) in [6.45, 7) is 3.74. The van der Waals surface area contributed by atoms with E-state index in [0.717, 1.165) is 11.1 Å². The molecule has 1 amide bonds. The second kappa shape index (κ2) is 8.32. The number of anilines is 1. The third kappa shape index (κ3) is 4.07. The van der Waals surface area contributed by atoms with Crippen LogP contribution < -0.4 is 5.32 Å². The molecule has 1 atom stereocenters. The number of hydrogen-bond acceptors (Lipinski definition) is 5. The molecule has 0 radical (unpaired) electrons. The molecular weight excluding hydrogens is 455 g/mol. The molecule has 9 heteroatoms. The van der Waals surface area contributed by atoms with Gasteiger partial charge in [-0.25, -0.2) is 22.5 Å². The van der Waals surface area contributed by atoms with Gasteiger partial charge in [-0.15, -0.1) is 0 Å². The fraction of sp³-hybridized carbons (Fsp3) is 0.240. The maximum absolute atomic E-state index is 14.2. The fourth-order valence-corrected chi connectivity index (χ4v) is 6.03. The highest BCUT2D eigenvalue weighted by molar-refractivity contribution is 7.91. The highest BCUT2D eigenvalue weighted by atomic mass is 32.2. The number of aromatic nitrogens is 3. The minimum atomic E-state index is -3.15. The Labute approximate surface area is 196 Å². The number of carbonyl (C=O) groups excluding carboxylic acids is 1. The lowest BCUT2D eigenvalue weighted by Crippen LogP contribution is -2.15. The molecule has 0 saturated carbocycles. The van der Waals surface area contributed by atoms with Crippen LogP contribution in [0.5, 0.6) is 0 Å². The molecule has 2 aromatic carbocycles. The van der Waals surface area contributed by atoms with Gasteiger partial charge in [-0.05, 0) is 38.5 Å². The lowest BCUT2D eigenvalue weighted by Gasteiger charge is -2.13. The summed E-state index contributed by atoms with van der Waals surface area (Å²) in [4.78, 5) is 18.2. The summed E-state index contributed by atoms with van der Waals surface area (Å²) in [7, 11) is -3.15. The van der Waals surface area contributed by atoms with E-state index in [4.69, 9.17) is 4.98 Å². The highest BCUT2D eigenvalue weighted by Gasteiger charge is 2.32. The van der Waals surface area contributed by atoms with Crippen LogP contribution in [0.4, 0.5) is 10.1 Å². The number of hydrogen-bond donors (Lipinski definition) is 1. The predicted octanol–water partition coefficient (Wildman–Crippen LogP) is 4.47. The molecule has 1 saturated heterocycles. The van der Waals surface area contributed by atoms with Gasteiger partial charge in [0, 0.05) is 5.56 Å². The summed E-state index contributed by atoms with van der Waals surface area (Å²) in [5.41, 5.74) is 3.80. The zero-order valence-electron chi connectivity index (χ0n) is 18.7. The highest BCUT2D eigenvalue weighted by Crippen LogP contribution is 2.32. The van der Waals surface area contributed by atoms with Crippen molar-refractivity contribution in [3.63, 3.8) is 0 Å². The Hall–Kier alpha value is -3.59. The normalized spacial score (nSPS) is 17.2. The fourth-order valence-electron chi connectivity index (χ4n) is 4.34. The average Bonchev–Trinajstić information content (AvgIpc) is 3.34. The molecule has 1 fully saturated rings. The molecule has 174 valence electrons. The number of rotatable bonds is 4. The maximum Gasteiger partial charge on any atom is 0.256 e. The zero-order chi connectivity index (χ0) is 24.0. The van der Waals surface area contributed by atoms with Crippen molar-refractivity contribution in [2.24, 2.45) is 0 Å². The third-order valence-electron chi connectivity index (χ3n) is 6.11. The molecule has 1 aliphatic rings. The SMILES string of the molecule is Cc1ccc(-c2cc(C(=O)Nc3ccccc3F)c3c(C)nn([C@@H]4CCS(=O)(=O)C4)c3n2)cc1. The Morgan fingerprint density at radius 3 is 2.53 bits per heavy atom. The molecule has 0 aliphatic carbocycles. The summed E-state index contributed by atoms with van der Waals surface area (Å²) in [6, 6.07) is 15.0. The topological polar surface area (TPSA) is 94.0 Å². The number of nitrogens with one attached hydrogen (secondary N) is 1. The first-order valence-electron chi connectivity index (χ1n) is 10.9. The Morgan fingerprint density at radius 2 is 1.85 bits per heavy atom. The van der Waals surface area contributed by atoms with Gasteiger partial charge in [-0.3, -0.25) is 4.79 Å². The van der Waals surface area contributed by atoms with Gasteiger partial charge >= 0.3 is 0 Å². The van der Waals surface area contributed by atoms with Crippen LogP contribution in [0.25, 0.3) is 22.3 Å².